The number of hydrogen-bond acceptors (Lipinski definition) is 4. The third-order valence-corrected chi connectivity index (χ3v) is 7.30. The summed E-state index contributed by atoms with van der Waals surface area (Å²) in [6, 6.07) is 6.35. The summed E-state index contributed by atoms with van der Waals surface area (Å²) in [5.74, 6) is -0.286. The lowest BCUT2D eigenvalue weighted by Crippen LogP contribution is -2.50. The summed E-state index contributed by atoms with van der Waals surface area (Å²) in [6.45, 7) is 1.83. The molecule has 2 saturated heterocycles. The molecule has 2 aliphatic rings. The maximum atomic E-state index is 12.8. The van der Waals surface area contributed by atoms with Crippen molar-refractivity contribution in [2.24, 2.45) is 0 Å². The molecule has 0 bridgehead atoms. The molecule has 1 aromatic carbocycles. The first-order valence-corrected chi connectivity index (χ1v) is 11.6. The fourth-order valence-corrected chi connectivity index (χ4v) is 5.21. The Morgan fingerprint density at radius 3 is 2.39 bits per heavy atom. The summed E-state index contributed by atoms with van der Waals surface area (Å²) in [7, 11) is -3.45. The molecule has 28 heavy (non-hydrogen) atoms. The molecule has 0 radical (unpaired) electrons. The summed E-state index contributed by atoms with van der Waals surface area (Å²) in [6.07, 6.45) is 6.28. The number of carbonyl (C=O) groups is 2. The van der Waals surface area contributed by atoms with Crippen LogP contribution in [-0.4, -0.2) is 50.2 Å². The van der Waals surface area contributed by atoms with E-state index in [1.165, 1.54) is 0 Å². The van der Waals surface area contributed by atoms with Crippen LogP contribution in [0.5, 0.6) is 0 Å². The van der Waals surface area contributed by atoms with Crippen LogP contribution >= 0.6 is 0 Å². The van der Waals surface area contributed by atoms with Crippen LogP contribution in [-0.2, 0) is 26.0 Å². The number of benzene rings is 1. The molecule has 1 aromatic rings. The minimum Gasteiger partial charge on any atom is -0.354 e. The third-order valence-electron chi connectivity index (χ3n) is 5.39. The van der Waals surface area contributed by atoms with Crippen LogP contribution in [0.1, 0.15) is 50.5 Å². The van der Waals surface area contributed by atoms with Crippen molar-refractivity contribution >= 4 is 21.8 Å². The molecule has 2 amide bonds. The Labute approximate surface area is 166 Å². The van der Waals surface area contributed by atoms with Crippen LogP contribution in [0.25, 0.3) is 0 Å². The molecular formula is C20H29N3O4S. The van der Waals surface area contributed by atoms with E-state index in [2.05, 4.69) is 10.6 Å². The Bertz CT molecular complexity index is 784. The molecule has 2 heterocycles. The lowest BCUT2D eigenvalue weighted by Gasteiger charge is -2.22. The van der Waals surface area contributed by atoms with Crippen molar-refractivity contribution in [3.05, 3.63) is 29.8 Å². The molecule has 2 aliphatic heterocycles. The molecule has 2 fully saturated rings. The van der Waals surface area contributed by atoms with Crippen molar-refractivity contribution in [3.8, 4) is 0 Å². The zero-order chi connectivity index (χ0) is 20.0. The SMILES string of the molecule is O=C(CCc1ccc(S(=O)(=O)N2CCCCCC2)cc1)NC1CCCNC1=O. The molecule has 154 valence electrons. The Morgan fingerprint density at radius 1 is 1.07 bits per heavy atom. The van der Waals surface area contributed by atoms with Gasteiger partial charge >= 0.3 is 0 Å². The second-order valence-corrected chi connectivity index (χ2v) is 9.45. The number of rotatable bonds is 6. The first kappa shape index (κ1) is 20.8. The molecule has 7 nitrogen and oxygen atoms in total. The standard InChI is InChI=1S/C20H29N3O4S/c24-19(22-18-6-5-13-21-20(18)25)12-9-16-7-10-17(11-8-16)28(26,27)23-14-3-1-2-4-15-23/h7-8,10-11,18H,1-6,9,12-15H2,(H,21,25)(H,22,24). The number of nitrogens with zero attached hydrogens (tertiary/aromatic N) is 1. The van der Waals surface area contributed by atoms with Crippen LogP contribution in [0.15, 0.2) is 29.2 Å². The minimum atomic E-state index is -3.45. The van der Waals surface area contributed by atoms with E-state index in [4.69, 9.17) is 0 Å². The molecule has 0 aliphatic carbocycles. The highest BCUT2D eigenvalue weighted by molar-refractivity contribution is 7.89. The van der Waals surface area contributed by atoms with Crippen molar-refractivity contribution in [3.63, 3.8) is 0 Å². The zero-order valence-electron chi connectivity index (χ0n) is 16.2. The van der Waals surface area contributed by atoms with Gasteiger partial charge in [-0.25, -0.2) is 8.42 Å². The lowest BCUT2D eigenvalue weighted by atomic mass is 10.1. The smallest absolute Gasteiger partial charge is 0.243 e. The highest BCUT2D eigenvalue weighted by atomic mass is 32.2. The molecule has 1 unspecified atom stereocenters. The first-order chi connectivity index (χ1) is 13.5. The Kier molecular flexibility index (Phi) is 7.07. The number of amides is 2. The summed E-state index contributed by atoms with van der Waals surface area (Å²) in [5.41, 5.74) is 0.901. The molecular weight excluding hydrogens is 378 g/mol. The van der Waals surface area contributed by atoms with Crippen LogP contribution in [0.4, 0.5) is 0 Å². The first-order valence-electron chi connectivity index (χ1n) is 10.1. The van der Waals surface area contributed by atoms with Crippen molar-refractivity contribution in [1.29, 1.82) is 0 Å². The van der Waals surface area contributed by atoms with Gasteiger partial charge in [0.15, 0.2) is 0 Å². The number of piperidine rings is 1. The van der Waals surface area contributed by atoms with Gasteiger partial charge in [0.05, 0.1) is 4.90 Å². The fraction of sp³-hybridized carbons (Fsp3) is 0.600. The highest BCUT2D eigenvalue weighted by Gasteiger charge is 2.25. The summed E-state index contributed by atoms with van der Waals surface area (Å²) in [5, 5.41) is 5.52. The molecule has 3 rings (SSSR count). The Morgan fingerprint density at radius 2 is 1.75 bits per heavy atom. The second kappa shape index (κ2) is 9.52. The summed E-state index contributed by atoms with van der Waals surface area (Å²) >= 11 is 0. The van der Waals surface area contributed by atoms with E-state index in [9.17, 15) is 18.0 Å². The van der Waals surface area contributed by atoms with Gasteiger partial charge in [-0.1, -0.05) is 25.0 Å². The van der Waals surface area contributed by atoms with Gasteiger partial charge in [-0.3, -0.25) is 9.59 Å². The third kappa shape index (κ3) is 5.32. The second-order valence-electron chi connectivity index (χ2n) is 7.52. The summed E-state index contributed by atoms with van der Waals surface area (Å²) < 4.78 is 27.2. The van der Waals surface area contributed by atoms with Crippen molar-refractivity contribution < 1.29 is 18.0 Å². The number of aryl methyl sites for hydroxylation is 1. The molecule has 8 heteroatoms. The van der Waals surface area contributed by atoms with Gasteiger partial charge in [-0.05, 0) is 49.8 Å². The van der Waals surface area contributed by atoms with Crippen molar-refractivity contribution in [2.75, 3.05) is 19.6 Å². The average molecular weight is 408 g/mol. The lowest BCUT2D eigenvalue weighted by molar-refractivity contribution is -0.130. The van der Waals surface area contributed by atoms with Crippen LogP contribution < -0.4 is 10.6 Å². The van der Waals surface area contributed by atoms with E-state index >= 15 is 0 Å². The van der Waals surface area contributed by atoms with Crippen LogP contribution in [0, 0.1) is 0 Å². The number of hydrogen-bond donors (Lipinski definition) is 2. The molecule has 0 saturated carbocycles. The minimum absolute atomic E-state index is 0.123. The van der Waals surface area contributed by atoms with E-state index in [0.717, 1.165) is 37.7 Å². The maximum Gasteiger partial charge on any atom is 0.243 e. The van der Waals surface area contributed by atoms with Gasteiger partial charge in [-0.15, -0.1) is 0 Å². The van der Waals surface area contributed by atoms with E-state index < -0.39 is 16.1 Å². The molecule has 0 aromatic heterocycles. The maximum absolute atomic E-state index is 12.8. The van der Waals surface area contributed by atoms with E-state index in [1.807, 2.05) is 0 Å². The Hall–Kier alpha value is -1.93. The van der Waals surface area contributed by atoms with Gasteiger partial charge in [0.25, 0.3) is 0 Å². The monoisotopic (exact) mass is 407 g/mol. The van der Waals surface area contributed by atoms with Gasteiger partial charge in [0, 0.05) is 26.1 Å². The largest absolute Gasteiger partial charge is 0.354 e. The topological polar surface area (TPSA) is 95.6 Å². The van der Waals surface area contributed by atoms with Gasteiger partial charge < -0.3 is 10.6 Å². The molecule has 2 N–H and O–H groups in total. The molecule has 0 spiro atoms. The van der Waals surface area contributed by atoms with E-state index in [-0.39, 0.29) is 18.2 Å². The number of carbonyl (C=O) groups excluding carboxylic acids is 2. The predicted octanol–water partition coefficient (Wildman–Crippen LogP) is 1.58. The van der Waals surface area contributed by atoms with Gasteiger partial charge in [-0.2, -0.15) is 4.31 Å². The highest BCUT2D eigenvalue weighted by Crippen LogP contribution is 2.21. The van der Waals surface area contributed by atoms with E-state index in [1.54, 1.807) is 28.6 Å². The average Bonchev–Trinajstić information content (AvgIpc) is 2.99. The predicted molar refractivity (Wildman–Crippen MR) is 106 cm³/mol. The zero-order valence-corrected chi connectivity index (χ0v) is 17.0. The van der Waals surface area contributed by atoms with Crippen molar-refractivity contribution in [2.45, 2.75) is 62.3 Å². The quantitative estimate of drug-likeness (QED) is 0.748. The fourth-order valence-electron chi connectivity index (χ4n) is 3.69. The Balaban J connectivity index is 1.53. The number of sulfonamides is 1. The normalized spacial score (nSPS) is 21.6. The number of nitrogens with one attached hydrogen (secondary N) is 2. The van der Waals surface area contributed by atoms with Crippen LogP contribution in [0.3, 0.4) is 0 Å². The van der Waals surface area contributed by atoms with Crippen LogP contribution in [0.2, 0.25) is 0 Å². The van der Waals surface area contributed by atoms with E-state index in [0.29, 0.717) is 37.4 Å². The van der Waals surface area contributed by atoms with Gasteiger partial charge in [0.1, 0.15) is 6.04 Å². The summed E-state index contributed by atoms with van der Waals surface area (Å²) in [4.78, 5) is 24.1. The van der Waals surface area contributed by atoms with Gasteiger partial charge in [0.2, 0.25) is 21.8 Å². The van der Waals surface area contributed by atoms with Crippen molar-refractivity contribution in [1.82, 2.24) is 14.9 Å². The molecule has 1 atom stereocenters.